The molecule has 0 radical (unpaired) electrons. The molecule has 2 fully saturated rings. The lowest BCUT2D eigenvalue weighted by molar-refractivity contribution is -0.0738. The fourth-order valence-electron chi connectivity index (χ4n) is 3.30. The summed E-state index contributed by atoms with van der Waals surface area (Å²) in [5.41, 5.74) is 0. The van der Waals surface area contributed by atoms with E-state index in [0.717, 1.165) is 39.5 Å². The predicted molar refractivity (Wildman–Crippen MR) is 77.5 cm³/mol. The zero-order chi connectivity index (χ0) is 13.7. The molecule has 0 aliphatic carbocycles. The third-order valence-corrected chi connectivity index (χ3v) is 4.47. The van der Waals surface area contributed by atoms with Gasteiger partial charge in [-0.25, -0.2) is 0 Å². The number of nitrogens with zero attached hydrogens (tertiary/aromatic N) is 1. The summed E-state index contributed by atoms with van der Waals surface area (Å²) >= 11 is 0. The van der Waals surface area contributed by atoms with Gasteiger partial charge in [0.25, 0.3) is 0 Å². The molecular weight excluding hydrogens is 240 g/mol. The Morgan fingerprint density at radius 1 is 1.21 bits per heavy atom. The largest absolute Gasteiger partial charge is 0.381 e. The van der Waals surface area contributed by atoms with Crippen LogP contribution in [-0.4, -0.2) is 62.5 Å². The minimum atomic E-state index is 0.333. The molecule has 2 atom stereocenters. The van der Waals surface area contributed by atoms with Gasteiger partial charge in [0.15, 0.2) is 0 Å². The number of ether oxygens (including phenoxy) is 2. The Labute approximate surface area is 117 Å². The van der Waals surface area contributed by atoms with Crippen LogP contribution in [0.1, 0.15) is 33.6 Å². The average molecular weight is 270 g/mol. The maximum Gasteiger partial charge on any atom is 0.0858 e. The van der Waals surface area contributed by atoms with Crippen molar-refractivity contribution in [2.24, 2.45) is 5.92 Å². The molecule has 2 rings (SSSR count). The van der Waals surface area contributed by atoms with Gasteiger partial charge in [0.1, 0.15) is 0 Å². The van der Waals surface area contributed by atoms with Crippen molar-refractivity contribution in [1.82, 2.24) is 10.2 Å². The first-order chi connectivity index (χ1) is 9.22. The molecule has 0 aromatic heterocycles. The first-order valence-corrected chi connectivity index (χ1v) is 7.89. The molecule has 0 amide bonds. The van der Waals surface area contributed by atoms with Crippen LogP contribution in [0.15, 0.2) is 0 Å². The van der Waals surface area contributed by atoms with Gasteiger partial charge in [-0.05, 0) is 39.2 Å². The molecule has 0 bridgehead atoms. The summed E-state index contributed by atoms with van der Waals surface area (Å²) in [6.07, 6.45) is 2.66. The van der Waals surface area contributed by atoms with E-state index in [-0.39, 0.29) is 0 Å². The van der Waals surface area contributed by atoms with E-state index >= 15 is 0 Å². The molecule has 0 spiro atoms. The van der Waals surface area contributed by atoms with Gasteiger partial charge in [0.05, 0.1) is 12.7 Å². The van der Waals surface area contributed by atoms with Crippen molar-refractivity contribution in [2.75, 3.05) is 39.5 Å². The molecule has 2 aliphatic rings. The Morgan fingerprint density at radius 3 is 2.58 bits per heavy atom. The number of hydrogen-bond donors (Lipinski definition) is 1. The summed E-state index contributed by atoms with van der Waals surface area (Å²) < 4.78 is 11.6. The van der Waals surface area contributed by atoms with Gasteiger partial charge in [0, 0.05) is 38.4 Å². The van der Waals surface area contributed by atoms with Crippen molar-refractivity contribution in [1.29, 1.82) is 0 Å². The summed E-state index contributed by atoms with van der Waals surface area (Å²) in [6.45, 7) is 12.6. The topological polar surface area (TPSA) is 33.7 Å². The van der Waals surface area contributed by atoms with Gasteiger partial charge in [-0.1, -0.05) is 6.92 Å². The van der Waals surface area contributed by atoms with Crippen molar-refractivity contribution in [3.63, 3.8) is 0 Å². The van der Waals surface area contributed by atoms with Gasteiger partial charge >= 0.3 is 0 Å². The van der Waals surface area contributed by atoms with Crippen molar-refractivity contribution in [3.05, 3.63) is 0 Å². The van der Waals surface area contributed by atoms with Crippen LogP contribution in [0.2, 0.25) is 0 Å². The van der Waals surface area contributed by atoms with Crippen molar-refractivity contribution in [2.45, 2.75) is 51.8 Å². The smallest absolute Gasteiger partial charge is 0.0858 e. The molecule has 2 unspecified atom stereocenters. The van der Waals surface area contributed by atoms with E-state index in [2.05, 4.69) is 31.0 Å². The monoisotopic (exact) mass is 270 g/mol. The SMILES string of the molecule is CCNC(C1CCOCC1)C1CN(C(C)C)CCO1. The van der Waals surface area contributed by atoms with Crippen molar-refractivity contribution in [3.8, 4) is 0 Å². The standard InChI is InChI=1S/C15H30N2O2/c1-4-16-15(13-5-8-18-9-6-13)14-11-17(12(2)3)7-10-19-14/h12-16H,4-11H2,1-3H3. The third-order valence-electron chi connectivity index (χ3n) is 4.47. The lowest BCUT2D eigenvalue weighted by Crippen LogP contribution is -2.56. The summed E-state index contributed by atoms with van der Waals surface area (Å²) in [5, 5.41) is 3.67. The molecular formula is C15H30N2O2. The molecule has 2 saturated heterocycles. The van der Waals surface area contributed by atoms with Crippen molar-refractivity contribution < 1.29 is 9.47 Å². The molecule has 0 aromatic rings. The highest BCUT2D eigenvalue weighted by molar-refractivity contribution is 4.89. The van der Waals surface area contributed by atoms with E-state index in [1.165, 1.54) is 12.8 Å². The van der Waals surface area contributed by atoms with Crippen LogP contribution < -0.4 is 5.32 Å². The van der Waals surface area contributed by atoms with Crippen LogP contribution in [0.3, 0.4) is 0 Å². The van der Waals surface area contributed by atoms with Crippen LogP contribution in [0.5, 0.6) is 0 Å². The molecule has 112 valence electrons. The fourth-order valence-corrected chi connectivity index (χ4v) is 3.30. The molecule has 2 heterocycles. The molecule has 4 nitrogen and oxygen atoms in total. The van der Waals surface area contributed by atoms with Crippen LogP contribution in [0.4, 0.5) is 0 Å². The molecule has 19 heavy (non-hydrogen) atoms. The summed E-state index contributed by atoms with van der Waals surface area (Å²) in [4.78, 5) is 2.54. The third kappa shape index (κ3) is 4.15. The predicted octanol–water partition coefficient (Wildman–Crippen LogP) is 1.50. The minimum Gasteiger partial charge on any atom is -0.381 e. The lowest BCUT2D eigenvalue weighted by atomic mass is 9.87. The number of hydrogen-bond acceptors (Lipinski definition) is 4. The van der Waals surface area contributed by atoms with Gasteiger partial charge in [0.2, 0.25) is 0 Å². The first-order valence-electron chi connectivity index (χ1n) is 7.89. The van der Waals surface area contributed by atoms with E-state index in [9.17, 15) is 0 Å². The normalized spacial score (nSPS) is 28.7. The van der Waals surface area contributed by atoms with Crippen LogP contribution in [0.25, 0.3) is 0 Å². The molecule has 1 N–H and O–H groups in total. The van der Waals surface area contributed by atoms with E-state index in [0.29, 0.717) is 24.1 Å². The minimum absolute atomic E-state index is 0.333. The van der Waals surface area contributed by atoms with Gasteiger partial charge in [-0.3, -0.25) is 4.90 Å². The van der Waals surface area contributed by atoms with E-state index in [4.69, 9.17) is 9.47 Å². The lowest BCUT2D eigenvalue weighted by Gasteiger charge is -2.42. The number of nitrogens with one attached hydrogen (secondary N) is 1. The fraction of sp³-hybridized carbons (Fsp3) is 1.00. The highest BCUT2D eigenvalue weighted by Crippen LogP contribution is 2.24. The second kappa shape index (κ2) is 7.58. The molecule has 0 aromatic carbocycles. The Morgan fingerprint density at radius 2 is 1.95 bits per heavy atom. The van der Waals surface area contributed by atoms with Gasteiger partial charge in [-0.15, -0.1) is 0 Å². The maximum absolute atomic E-state index is 6.08. The second-order valence-electron chi connectivity index (χ2n) is 6.03. The molecule has 2 aliphatic heterocycles. The Balaban J connectivity index is 1.96. The zero-order valence-electron chi connectivity index (χ0n) is 12.7. The molecule has 4 heteroatoms. The Kier molecular flexibility index (Phi) is 6.07. The van der Waals surface area contributed by atoms with Crippen molar-refractivity contribution >= 4 is 0 Å². The molecule has 0 saturated carbocycles. The maximum atomic E-state index is 6.08. The number of likely N-dealkylation sites (N-methyl/N-ethyl adjacent to an activating group) is 1. The van der Waals surface area contributed by atoms with Gasteiger partial charge in [-0.2, -0.15) is 0 Å². The summed E-state index contributed by atoms with van der Waals surface area (Å²) in [6, 6.07) is 1.10. The zero-order valence-corrected chi connectivity index (χ0v) is 12.7. The van der Waals surface area contributed by atoms with Gasteiger partial charge < -0.3 is 14.8 Å². The summed E-state index contributed by atoms with van der Waals surface area (Å²) in [5.74, 6) is 0.700. The highest BCUT2D eigenvalue weighted by atomic mass is 16.5. The quantitative estimate of drug-likeness (QED) is 0.821. The number of rotatable bonds is 5. The summed E-state index contributed by atoms with van der Waals surface area (Å²) in [7, 11) is 0. The highest BCUT2D eigenvalue weighted by Gasteiger charge is 2.34. The first kappa shape index (κ1) is 15.2. The van der Waals surface area contributed by atoms with E-state index in [1.54, 1.807) is 0 Å². The second-order valence-corrected chi connectivity index (χ2v) is 6.03. The average Bonchev–Trinajstić information content (AvgIpc) is 2.46. The van der Waals surface area contributed by atoms with Crippen LogP contribution in [-0.2, 0) is 9.47 Å². The Bertz CT molecular complexity index is 255. The van der Waals surface area contributed by atoms with Crippen LogP contribution >= 0.6 is 0 Å². The Hall–Kier alpha value is -0.160. The van der Waals surface area contributed by atoms with E-state index in [1.807, 2.05) is 0 Å². The number of morpholine rings is 1. The van der Waals surface area contributed by atoms with Crippen LogP contribution in [0, 0.1) is 5.92 Å². The van der Waals surface area contributed by atoms with E-state index < -0.39 is 0 Å².